The molecule has 1 nitrogen and oxygen atoms in total. The molecule has 2 heteroatoms. The summed E-state index contributed by atoms with van der Waals surface area (Å²) in [5.74, 6) is 2.62. The van der Waals surface area contributed by atoms with E-state index >= 15 is 0 Å². The number of halogens is 1. The normalized spacial score (nSPS) is 19.0. The minimum Gasteiger partial charge on any atom is -0.299 e. The van der Waals surface area contributed by atoms with Gasteiger partial charge < -0.3 is 0 Å². The van der Waals surface area contributed by atoms with Crippen molar-refractivity contribution in [2.24, 2.45) is 0 Å². The van der Waals surface area contributed by atoms with Gasteiger partial charge in [0.1, 0.15) is 0 Å². The van der Waals surface area contributed by atoms with E-state index in [0.717, 1.165) is 17.3 Å². The predicted octanol–water partition coefficient (Wildman–Crippen LogP) is 2.66. The Morgan fingerprint density at radius 2 is 2.43 bits per heavy atom. The molecule has 1 aliphatic carbocycles. The molecule has 14 heavy (non-hydrogen) atoms. The van der Waals surface area contributed by atoms with Crippen molar-refractivity contribution < 1.29 is 0 Å². The van der Waals surface area contributed by atoms with E-state index in [-0.39, 0.29) is 0 Å². The van der Waals surface area contributed by atoms with Crippen molar-refractivity contribution in [3.63, 3.8) is 0 Å². The summed E-state index contributed by atoms with van der Waals surface area (Å²) in [6.07, 6.45) is 7.54. The van der Waals surface area contributed by atoms with Crippen LogP contribution in [0.4, 0.5) is 0 Å². The Labute approximate surface area is 93.0 Å². The average molecular weight is 250 g/mol. The van der Waals surface area contributed by atoms with Crippen LogP contribution in [0.2, 0.25) is 0 Å². The standard InChI is InChI=1S/C12H12BrN/c1-2-7-14-12-6-3-9-8-10(13)4-5-11(9)12/h1,4-5,8,12,14H,3,6-7H2. The Balaban J connectivity index is 2.19. The summed E-state index contributed by atoms with van der Waals surface area (Å²) in [7, 11) is 0. The molecule has 72 valence electrons. The van der Waals surface area contributed by atoms with Gasteiger partial charge in [0, 0.05) is 10.5 Å². The van der Waals surface area contributed by atoms with Crippen LogP contribution in [0, 0.1) is 12.3 Å². The van der Waals surface area contributed by atoms with Crippen LogP contribution in [0.1, 0.15) is 23.6 Å². The maximum absolute atomic E-state index is 5.23. The summed E-state index contributed by atoms with van der Waals surface area (Å²) in [6.45, 7) is 0.653. The lowest BCUT2D eigenvalue weighted by Gasteiger charge is -2.11. The molecule has 1 unspecified atom stereocenters. The maximum atomic E-state index is 5.23. The third-order valence-corrected chi connectivity index (χ3v) is 3.13. The van der Waals surface area contributed by atoms with Crippen LogP contribution in [0.15, 0.2) is 22.7 Å². The summed E-state index contributed by atoms with van der Waals surface area (Å²) in [5, 5.41) is 3.36. The molecule has 0 amide bonds. The van der Waals surface area contributed by atoms with Gasteiger partial charge in [-0.1, -0.05) is 27.9 Å². The number of terminal acetylenes is 1. The highest BCUT2D eigenvalue weighted by atomic mass is 79.9. The minimum absolute atomic E-state index is 0.453. The van der Waals surface area contributed by atoms with Gasteiger partial charge in [0.15, 0.2) is 0 Å². The third-order valence-electron chi connectivity index (χ3n) is 2.63. The topological polar surface area (TPSA) is 12.0 Å². The first-order valence-corrected chi connectivity index (χ1v) is 5.55. The predicted molar refractivity (Wildman–Crippen MR) is 62.0 cm³/mol. The van der Waals surface area contributed by atoms with E-state index in [0.29, 0.717) is 12.6 Å². The van der Waals surface area contributed by atoms with Gasteiger partial charge in [-0.05, 0) is 36.1 Å². The summed E-state index contributed by atoms with van der Waals surface area (Å²) in [5.41, 5.74) is 2.84. The van der Waals surface area contributed by atoms with Gasteiger partial charge in [0.05, 0.1) is 6.54 Å². The lowest BCUT2D eigenvalue weighted by molar-refractivity contribution is 0.568. The van der Waals surface area contributed by atoms with Gasteiger partial charge in [-0.3, -0.25) is 5.32 Å². The van der Waals surface area contributed by atoms with Crippen molar-refractivity contribution in [2.45, 2.75) is 18.9 Å². The molecule has 1 aromatic carbocycles. The fourth-order valence-electron chi connectivity index (χ4n) is 1.98. The van der Waals surface area contributed by atoms with Crippen LogP contribution >= 0.6 is 15.9 Å². The highest BCUT2D eigenvalue weighted by Gasteiger charge is 2.21. The van der Waals surface area contributed by atoms with Gasteiger partial charge in [-0.15, -0.1) is 6.42 Å². The molecule has 0 radical (unpaired) electrons. The van der Waals surface area contributed by atoms with Gasteiger partial charge in [0.25, 0.3) is 0 Å². The molecule has 0 heterocycles. The zero-order valence-electron chi connectivity index (χ0n) is 7.89. The largest absolute Gasteiger partial charge is 0.299 e. The summed E-state index contributed by atoms with van der Waals surface area (Å²) in [4.78, 5) is 0. The van der Waals surface area contributed by atoms with E-state index in [1.54, 1.807) is 0 Å². The molecule has 2 rings (SSSR count). The molecule has 0 spiro atoms. The Hall–Kier alpha value is -0.780. The second-order valence-corrected chi connectivity index (χ2v) is 4.44. The first-order chi connectivity index (χ1) is 6.81. The van der Waals surface area contributed by atoms with Crippen molar-refractivity contribution in [2.75, 3.05) is 6.54 Å². The lowest BCUT2D eigenvalue weighted by Crippen LogP contribution is -2.19. The number of aryl methyl sites for hydroxylation is 1. The first-order valence-electron chi connectivity index (χ1n) is 4.76. The van der Waals surface area contributed by atoms with Crippen molar-refractivity contribution in [1.82, 2.24) is 5.32 Å². The van der Waals surface area contributed by atoms with Crippen molar-refractivity contribution in [3.8, 4) is 12.3 Å². The number of rotatable bonds is 2. The SMILES string of the molecule is C#CCNC1CCc2cc(Br)ccc21. The van der Waals surface area contributed by atoms with Crippen LogP contribution in [0.5, 0.6) is 0 Å². The van der Waals surface area contributed by atoms with Crippen LogP contribution in [0.3, 0.4) is 0 Å². The summed E-state index contributed by atoms with van der Waals surface area (Å²) < 4.78 is 1.16. The Morgan fingerprint density at radius 3 is 3.21 bits per heavy atom. The zero-order chi connectivity index (χ0) is 9.97. The van der Waals surface area contributed by atoms with Crippen molar-refractivity contribution >= 4 is 15.9 Å². The van der Waals surface area contributed by atoms with E-state index in [1.807, 2.05) is 0 Å². The maximum Gasteiger partial charge on any atom is 0.0578 e. The fraction of sp³-hybridized carbons (Fsp3) is 0.333. The molecule has 0 saturated carbocycles. The number of hydrogen-bond donors (Lipinski definition) is 1. The molecular formula is C12H12BrN. The zero-order valence-corrected chi connectivity index (χ0v) is 9.47. The molecule has 1 atom stereocenters. The quantitative estimate of drug-likeness (QED) is 0.796. The third kappa shape index (κ3) is 1.84. The Bertz CT molecular complexity index is 378. The monoisotopic (exact) mass is 249 g/mol. The molecule has 0 fully saturated rings. The number of fused-ring (bicyclic) bond motifs is 1. The van der Waals surface area contributed by atoms with E-state index in [4.69, 9.17) is 6.42 Å². The van der Waals surface area contributed by atoms with Crippen LogP contribution < -0.4 is 5.32 Å². The number of hydrogen-bond acceptors (Lipinski definition) is 1. The van der Waals surface area contributed by atoms with E-state index in [2.05, 4.69) is 45.4 Å². The van der Waals surface area contributed by atoms with E-state index in [9.17, 15) is 0 Å². The second kappa shape index (κ2) is 4.16. The molecule has 0 aliphatic heterocycles. The van der Waals surface area contributed by atoms with Crippen molar-refractivity contribution in [1.29, 1.82) is 0 Å². The highest BCUT2D eigenvalue weighted by molar-refractivity contribution is 9.10. The molecule has 1 N–H and O–H groups in total. The van der Waals surface area contributed by atoms with Gasteiger partial charge in [-0.2, -0.15) is 0 Å². The highest BCUT2D eigenvalue weighted by Crippen LogP contribution is 2.32. The number of nitrogens with one attached hydrogen (secondary N) is 1. The van der Waals surface area contributed by atoms with Gasteiger partial charge in [-0.25, -0.2) is 0 Å². The summed E-state index contributed by atoms with van der Waals surface area (Å²) in [6, 6.07) is 6.93. The van der Waals surface area contributed by atoms with Crippen molar-refractivity contribution in [3.05, 3.63) is 33.8 Å². The Morgan fingerprint density at radius 1 is 1.57 bits per heavy atom. The fourth-order valence-corrected chi connectivity index (χ4v) is 2.39. The first kappa shape index (κ1) is 9.76. The van der Waals surface area contributed by atoms with Crippen LogP contribution in [-0.2, 0) is 6.42 Å². The molecule has 0 aromatic heterocycles. The molecular weight excluding hydrogens is 238 g/mol. The average Bonchev–Trinajstić information content (AvgIpc) is 2.57. The molecule has 0 saturated heterocycles. The van der Waals surface area contributed by atoms with Gasteiger partial charge >= 0.3 is 0 Å². The molecule has 1 aromatic rings. The lowest BCUT2D eigenvalue weighted by atomic mass is 10.1. The number of benzene rings is 1. The van der Waals surface area contributed by atoms with E-state index < -0.39 is 0 Å². The van der Waals surface area contributed by atoms with Crippen LogP contribution in [0.25, 0.3) is 0 Å². The minimum atomic E-state index is 0.453. The summed E-state index contributed by atoms with van der Waals surface area (Å²) >= 11 is 3.48. The molecule has 0 bridgehead atoms. The van der Waals surface area contributed by atoms with Crippen LogP contribution in [-0.4, -0.2) is 6.54 Å². The van der Waals surface area contributed by atoms with E-state index in [1.165, 1.54) is 11.1 Å². The second-order valence-electron chi connectivity index (χ2n) is 3.52. The Kier molecular flexibility index (Phi) is 2.90. The molecule has 1 aliphatic rings. The van der Waals surface area contributed by atoms with Gasteiger partial charge in [0.2, 0.25) is 0 Å². The smallest absolute Gasteiger partial charge is 0.0578 e.